The largest absolute Gasteiger partial charge is 0.387 e. The molecular formula is C14H20BrNO. The standard InChI is InChI=1S/C14H20BrNO/c15-13-7-5-6-12(10-13)14(17)11-16-8-3-1-2-4-9-16/h5-7,10,14,17H,1-4,8-9,11H2. The van der Waals surface area contributed by atoms with Gasteiger partial charge in [-0.2, -0.15) is 0 Å². The summed E-state index contributed by atoms with van der Waals surface area (Å²) in [7, 11) is 0. The normalized spacial score (nSPS) is 19.9. The van der Waals surface area contributed by atoms with Crippen molar-refractivity contribution in [3.05, 3.63) is 34.3 Å². The summed E-state index contributed by atoms with van der Waals surface area (Å²) in [5.41, 5.74) is 1.00. The van der Waals surface area contributed by atoms with E-state index in [2.05, 4.69) is 20.8 Å². The molecule has 0 amide bonds. The van der Waals surface area contributed by atoms with E-state index in [0.29, 0.717) is 0 Å². The Balaban J connectivity index is 1.93. The second kappa shape index (κ2) is 6.53. The molecule has 3 heteroatoms. The van der Waals surface area contributed by atoms with Gasteiger partial charge < -0.3 is 10.0 Å². The third kappa shape index (κ3) is 4.09. The predicted molar refractivity (Wildman–Crippen MR) is 74.0 cm³/mol. The molecule has 17 heavy (non-hydrogen) atoms. The number of aliphatic hydroxyl groups is 1. The molecule has 0 aliphatic carbocycles. The van der Waals surface area contributed by atoms with Crippen LogP contribution in [-0.4, -0.2) is 29.6 Å². The van der Waals surface area contributed by atoms with E-state index in [1.54, 1.807) is 0 Å². The van der Waals surface area contributed by atoms with Crippen LogP contribution in [0.4, 0.5) is 0 Å². The lowest BCUT2D eigenvalue weighted by Crippen LogP contribution is -2.29. The number of rotatable bonds is 3. The zero-order chi connectivity index (χ0) is 12.1. The minimum atomic E-state index is -0.370. The number of hydrogen-bond acceptors (Lipinski definition) is 2. The molecule has 1 aromatic rings. The van der Waals surface area contributed by atoms with E-state index in [-0.39, 0.29) is 6.10 Å². The highest BCUT2D eigenvalue weighted by molar-refractivity contribution is 9.10. The molecule has 0 spiro atoms. The lowest BCUT2D eigenvalue weighted by Gasteiger charge is -2.23. The van der Waals surface area contributed by atoms with Gasteiger partial charge in [0.2, 0.25) is 0 Å². The Hall–Kier alpha value is -0.380. The fourth-order valence-corrected chi connectivity index (χ4v) is 2.80. The summed E-state index contributed by atoms with van der Waals surface area (Å²) in [6.45, 7) is 3.02. The molecule has 1 aliphatic heterocycles. The van der Waals surface area contributed by atoms with Gasteiger partial charge in [-0.05, 0) is 43.6 Å². The summed E-state index contributed by atoms with van der Waals surface area (Å²) in [4.78, 5) is 2.39. The van der Waals surface area contributed by atoms with Crippen LogP contribution in [0, 0.1) is 0 Å². The molecule has 0 radical (unpaired) electrons. The maximum atomic E-state index is 10.2. The highest BCUT2D eigenvalue weighted by atomic mass is 79.9. The van der Waals surface area contributed by atoms with Crippen LogP contribution in [0.3, 0.4) is 0 Å². The van der Waals surface area contributed by atoms with E-state index in [1.807, 2.05) is 24.3 Å². The van der Waals surface area contributed by atoms with E-state index in [0.717, 1.165) is 29.7 Å². The van der Waals surface area contributed by atoms with Crippen molar-refractivity contribution < 1.29 is 5.11 Å². The fourth-order valence-electron chi connectivity index (χ4n) is 2.38. The zero-order valence-electron chi connectivity index (χ0n) is 10.1. The van der Waals surface area contributed by atoms with Crippen molar-refractivity contribution in [2.45, 2.75) is 31.8 Å². The second-order valence-electron chi connectivity index (χ2n) is 4.79. The first-order valence-corrected chi connectivity index (χ1v) is 7.21. The van der Waals surface area contributed by atoms with Crippen LogP contribution in [-0.2, 0) is 0 Å². The van der Waals surface area contributed by atoms with E-state index in [4.69, 9.17) is 0 Å². The number of β-amino-alcohol motifs (C(OH)–C–C–N with tert-alkyl or cyclic N) is 1. The van der Waals surface area contributed by atoms with Crippen LogP contribution < -0.4 is 0 Å². The summed E-state index contributed by atoms with van der Waals surface area (Å²) in [5.74, 6) is 0. The van der Waals surface area contributed by atoms with Crippen LogP contribution in [0.25, 0.3) is 0 Å². The highest BCUT2D eigenvalue weighted by Crippen LogP contribution is 2.20. The van der Waals surface area contributed by atoms with Crippen molar-refractivity contribution in [3.8, 4) is 0 Å². The molecule has 2 rings (SSSR count). The molecule has 94 valence electrons. The monoisotopic (exact) mass is 297 g/mol. The Bertz CT molecular complexity index is 348. The first-order valence-electron chi connectivity index (χ1n) is 6.41. The molecule has 1 atom stereocenters. The minimum absolute atomic E-state index is 0.370. The van der Waals surface area contributed by atoms with Crippen LogP contribution in [0.1, 0.15) is 37.4 Å². The third-order valence-electron chi connectivity index (χ3n) is 3.36. The van der Waals surface area contributed by atoms with Gasteiger partial charge in [0.05, 0.1) is 6.10 Å². The van der Waals surface area contributed by atoms with Crippen molar-refractivity contribution in [2.75, 3.05) is 19.6 Å². The Labute approximate surface area is 112 Å². The molecule has 0 bridgehead atoms. The maximum Gasteiger partial charge on any atom is 0.0917 e. The smallest absolute Gasteiger partial charge is 0.0917 e. The highest BCUT2D eigenvalue weighted by Gasteiger charge is 2.15. The molecule has 1 heterocycles. The van der Waals surface area contributed by atoms with Gasteiger partial charge in [-0.3, -0.25) is 0 Å². The van der Waals surface area contributed by atoms with Gasteiger partial charge in [-0.15, -0.1) is 0 Å². The molecule has 0 aromatic heterocycles. The zero-order valence-corrected chi connectivity index (χ0v) is 11.7. The minimum Gasteiger partial charge on any atom is -0.387 e. The van der Waals surface area contributed by atoms with Crippen molar-refractivity contribution in [3.63, 3.8) is 0 Å². The van der Waals surface area contributed by atoms with Crippen molar-refractivity contribution >= 4 is 15.9 Å². The quantitative estimate of drug-likeness (QED) is 0.925. The predicted octanol–water partition coefficient (Wildman–Crippen LogP) is 3.36. The number of benzene rings is 1. The van der Waals surface area contributed by atoms with Crippen molar-refractivity contribution in [1.29, 1.82) is 0 Å². The molecule has 1 fully saturated rings. The molecule has 1 aliphatic rings. The third-order valence-corrected chi connectivity index (χ3v) is 3.86. The van der Waals surface area contributed by atoms with E-state index in [1.165, 1.54) is 25.7 Å². The Morgan fingerprint density at radius 3 is 2.53 bits per heavy atom. The first-order chi connectivity index (χ1) is 8.25. The molecule has 2 nitrogen and oxygen atoms in total. The average molecular weight is 298 g/mol. The molecule has 0 saturated carbocycles. The van der Waals surface area contributed by atoms with Gasteiger partial charge in [0.15, 0.2) is 0 Å². The van der Waals surface area contributed by atoms with E-state index < -0.39 is 0 Å². The first kappa shape index (κ1) is 13.1. The number of aliphatic hydroxyl groups excluding tert-OH is 1. The van der Waals surface area contributed by atoms with Gasteiger partial charge in [0.25, 0.3) is 0 Å². The van der Waals surface area contributed by atoms with Gasteiger partial charge in [0.1, 0.15) is 0 Å². The van der Waals surface area contributed by atoms with Gasteiger partial charge in [-0.25, -0.2) is 0 Å². The Morgan fingerprint density at radius 1 is 1.18 bits per heavy atom. The molecule has 1 aromatic carbocycles. The lowest BCUT2D eigenvalue weighted by atomic mass is 10.1. The Kier molecular flexibility index (Phi) is 5.01. The SMILES string of the molecule is OC(CN1CCCCCC1)c1cccc(Br)c1. The Morgan fingerprint density at radius 2 is 1.88 bits per heavy atom. The van der Waals surface area contributed by atoms with Gasteiger partial charge >= 0.3 is 0 Å². The van der Waals surface area contributed by atoms with E-state index in [9.17, 15) is 5.11 Å². The summed E-state index contributed by atoms with van der Waals surface area (Å²) < 4.78 is 1.03. The number of halogens is 1. The number of nitrogens with zero attached hydrogens (tertiary/aromatic N) is 1. The number of hydrogen-bond donors (Lipinski definition) is 1. The summed E-state index contributed by atoms with van der Waals surface area (Å²) in [5, 5.41) is 10.2. The molecule has 1 N–H and O–H groups in total. The van der Waals surface area contributed by atoms with Gasteiger partial charge in [-0.1, -0.05) is 40.9 Å². The van der Waals surface area contributed by atoms with Crippen LogP contribution >= 0.6 is 15.9 Å². The molecule has 1 unspecified atom stereocenters. The van der Waals surface area contributed by atoms with Crippen LogP contribution in [0.15, 0.2) is 28.7 Å². The van der Waals surface area contributed by atoms with Crippen molar-refractivity contribution in [2.24, 2.45) is 0 Å². The fraction of sp³-hybridized carbons (Fsp3) is 0.571. The topological polar surface area (TPSA) is 23.5 Å². The maximum absolute atomic E-state index is 10.2. The average Bonchev–Trinajstić information content (AvgIpc) is 2.57. The van der Waals surface area contributed by atoms with E-state index >= 15 is 0 Å². The summed E-state index contributed by atoms with van der Waals surface area (Å²) >= 11 is 3.44. The molecular weight excluding hydrogens is 278 g/mol. The summed E-state index contributed by atoms with van der Waals surface area (Å²) in [6.07, 6.45) is 4.84. The van der Waals surface area contributed by atoms with Gasteiger partial charge in [0, 0.05) is 11.0 Å². The number of likely N-dealkylation sites (tertiary alicyclic amines) is 1. The van der Waals surface area contributed by atoms with Crippen LogP contribution in [0.2, 0.25) is 0 Å². The van der Waals surface area contributed by atoms with Crippen LogP contribution in [0.5, 0.6) is 0 Å². The van der Waals surface area contributed by atoms with Crippen molar-refractivity contribution in [1.82, 2.24) is 4.90 Å². The lowest BCUT2D eigenvalue weighted by molar-refractivity contribution is 0.115. The molecule has 1 saturated heterocycles. The summed E-state index contributed by atoms with van der Waals surface area (Å²) in [6, 6.07) is 7.96. The second-order valence-corrected chi connectivity index (χ2v) is 5.70.